The first-order valence-electron chi connectivity index (χ1n) is 5.80. The van der Waals surface area contributed by atoms with Gasteiger partial charge in [0, 0.05) is 5.02 Å². The number of benzene rings is 1. The van der Waals surface area contributed by atoms with Crippen molar-refractivity contribution >= 4 is 33.2 Å². The number of sulfonamides is 1. The minimum Gasteiger partial charge on any atom is -0.299 e. The maximum Gasteiger partial charge on any atom is 0.242 e. The third kappa shape index (κ3) is 4.97. The van der Waals surface area contributed by atoms with Crippen LogP contribution in [0.25, 0.3) is 0 Å². The van der Waals surface area contributed by atoms with Crippen LogP contribution < -0.4 is 4.72 Å². The Morgan fingerprint density at radius 3 is 2.45 bits per heavy atom. The van der Waals surface area contributed by atoms with Crippen LogP contribution in [0.4, 0.5) is 0 Å². The van der Waals surface area contributed by atoms with Crippen LogP contribution in [-0.4, -0.2) is 40.5 Å². The Morgan fingerprint density at radius 1 is 1.20 bits per heavy atom. The molecule has 0 spiro atoms. The van der Waals surface area contributed by atoms with E-state index in [1.807, 2.05) is 19.0 Å². The number of nitrogens with one attached hydrogen (secondary N) is 1. The highest BCUT2D eigenvalue weighted by atomic mass is 35.5. The molecule has 0 aliphatic rings. The van der Waals surface area contributed by atoms with E-state index >= 15 is 0 Å². The summed E-state index contributed by atoms with van der Waals surface area (Å²) in [6.07, 6.45) is 0. The highest BCUT2D eigenvalue weighted by Gasteiger charge is 2.18. The predicted molar refractivity (Wildman–Crippen MR) is 82.7 cm³/mol. The van der Waals surface area contributed by atoms with Crippen LogP contribution in [-0.2, 0) is 10.0 Å². The van der Waals surface area contributed by atoms with E-state index in [1.54, 1.807) is 6.92 Å². The Kier molecular flexibility index (Phi) is 6.31. The molecule has 0 saturated carbocycles. The van der Waals surface area contributed by atoms with Crippen molar-refractivity contribution in [1.29, 1.82) is 0 Å². The standard InChI is InChI=1S/C13H16Cl2N2O2S/c1-10-8-13(12(15)9-11(10)14)20(18,19)16-6-4-5-7-17(2)3/h8-9,16H,6-7H2,1-3H3. The fourth-order valence-corrected chi connectivity index (χ4v) is 3.08. The minimum atomic E-state index is -3.69. The zero-order valence-electron chi connectivity index (χ0n) is 11.5. The second kappa shape index (κ2) is 7.30. The summed E-state index contributed by atoms with van der Waals surface area (Å²) in [5.41, 5.74) is 0.648. The van der Waals surface area contributed by atoms with E-state index in [-0.39, 0.29) is 16.5 Å². The highest BCUT2D eigenvalue weighted by Crippen LogP contribution is 2.27. The van der Waals surface area contributed by atoms with Crippen molar-refractivity contribution < 1.29 is 8.42 Å². The molecular formula is C13H16Cl2N2O2S. The lowest BCUT2D eigenvalue weighted by Gasteiger charge is -2.08. The largest absolute Gasteiger partial charge is 0.299 e. The van der Waals surface area contributed by atoms with E-state index in [2.05, 4.69) is 16.6 Å². The zero-order valence-corrected chi connectivity index (χ0v) is 13.8. The van der Waals surface area contributed by atoms with Gasteiger partial charge in [-0.05, 0) is 38.7 Å². The summed E-state index contributed by atoms with van der Waals surface area (Å²) in [4.78, 5) is 1.90. The van der Waals surface area contributed by atoms with Crippen molar-refractivity contribution in [2.45, 2.75) is 11.8 Å². The summed E-state index contributed by atoms with van der Waals surface area (Å²) in [6, 6.07) is 2.87. The van der Waals surface area contributed by atoms with E-state index in [1.165, 1.54) is 12.1 Å². The van der Waals surface area contributed by atoms with Crippen LogP contribution in [0.15, 0.2) is 17.0 Å². The van der Waals surface area contributed by atoms with Gasteiger partial charge in [0.2, 0.25) is 10.0 Å². The Balaban J connectivity index is 2.84. The Hall–Kier alpha value is -0.770. The molecule has 1 aromatic carbocycles. The molecule has 0 saturated heterocycles. The molecule has 7 heteroatoms. The van der Waals surface area contributed by atoms with Gasteiger partial charge in [-0.25, -0.2) is 8.42 Å². The number of rotatable bonds is 4. The van der Waals surface area contributed by atoms with Crippen molar-refractivity contribution in [3.05, 3.63) is 27.7 Å². The molecule has 0 aromatic heterocycles. The molecule has 1 N–H and O–H groups in total. The van der Waals surface area contributed by atoms with Crippen LogP contribution in [0.5, 0.6) is 0 Å². The van der Waals surface area contributed by atoms with Gasteiger partial charge in [0.25, 0.3) is 0 Å². The summed E-state index contributed by atoms with van der Waals surface area (Å²) < 4.78 is 26.6. The van der Waals surface area contributed by atoms with Gasteiger partial charge in [0.15, 0.2) is 0 Å². The monoisotopic (exact) mass is 334 g/mol. The summed E-state index contributed by atoms with van der Waals surface area (Å²) >= 11 is 11.8. The van der Waals surface area contributed by atoms with Crippen molar-refractivity contribution in [2.75, 3.05) is 27.2 Å². The first-order valence-corrected chi connectivity index (χ1v) is 8.03. The van der Waals surface area contributed by atoms with Crippen LogP contribution in [0, 0.1) is 18.8 Å². The summed E-state index contributed by atoms with van der Waals surface area (Å²) in [5, 5.41) is 0.522. The minimum absolute atomic E-state index is 0.00970. The van der Waals surface area contributed by atoms with E-state index in [9.17, 15) is 8.42 Å². The maximum absolute atomic E-state index is 12.1. The average Bonchev–Trinajstić information content (AvgIpc) is 2.32. The van der Waals surface area contributed by atoms with Gasteiger partial charge < -0.3 is 0 Å². The van der Waals surface area contributed by atoms with E-state index in [0.717, 1.165) is 0 Å². The SMILES string of the molecule is Cc1cc(S(=O)(=O)NCC#CCN(C)C)c(Cl)cc1Cl. The molecule has 0 heterocycles. The second-order valence-electron chi connectivity index (χ2n) is 4.45. The van der Waals surface area contributed by atoms with E-state index < -0.39 is 10.0 Å². The molecule has 0 unspecified atom stereocenters. The van der Waals surface area contributed by atoms with Crippen LogP contribution in [0.2, 0.25) is 10.0 Å². The van der Waals surface area contributed by atoms with Crippen LogP contribution in [0.1, 0.15) is 5.56 Å². The molecular weight excluding hydrogens is 319 g/mol. The molecule has 0 aliphatic heterocycles. The van der Waals surface area contributed by atoms with Gasteiger partial charge in [-0.15, -0.1) is 0 Å². The van der Waals surface area contributed by atoms with Gasteiger partial charge in [-0.3, -0.25) is 4.90 Å². The lowest BCUT2D eigenvalue weighted by Crippen LogP contribution is -2.24. The maximum atomic E-state index is 12.1. The molecule has 0 bridgehead atoms. The van der Waals surface area contributed by atoms with Crippen LogP contribution >= 0.6 is 23.2 Å². The van der Waals surface area contributed by atoms with Gasteiger partial charge in [0.05, 0.1) is 18.1 Å². The second-order valence-corrected chi connectivity index (χ2v) is 7.00. The fraction of sp³-hybridized carbons (Fsp3) is 0.385. The number of hydrogen-bond donors (Lipinski definition) is 1. The number of halogens is 2. The van der Waals surface area contributed by atoms with Crippen molar-refractivity contribution in [1.82, 2.24) is 9.62 Å². The van der Waals surface area contributed by atoms with Crippen molar-refractivity contribution in [3.8, 4) is 11.8 Å². The fourth-order valence-electron chi connectivity index (χ4n) is 1.32. The van der Waals surface area contributed by atoms with E-state index in [4.69, 9.17) is 23.2 Å². The average molecular weight is 335 g/mol. The summed E-state index contributed by atoms with van der Waals surface area (Å²) in [7, 11) is 0.0805. The lowest BCUT2D eigenvalue weighted by atomic mass is 10.2. The van der Waals surface area contributed by atoms with E-state index in [0.29, 0.717) is 17.1 Å². The third-order valence-corrected chi connectivity index (χ3v) is 4.65. The molecule has 110 valence electrons. The molecule has 0 amide bonds. The number of hydrogen-bond acceptors (Lipinski definition) is 3. The van der Waals surface area contributed by atoms with Gasteiger partial charge in [-0.1, -0.05) is 35.0 Å². The number of nitrogens with zero attached hydrogens (tertiary/aromatic N) is 1. The van der Waals surface area contributed by atoms with Gasteiger partial charge in [0.1, 0.15) is 4.90 Å². The topological polar surface area (TPSA) is 49.4 Å². The molecule has 4 nitrogen and oxygen atoms in total. The molecule has 0 atom stereocenters. The summed E-state index contributed by atoms with van der Waals surface area (Å²) in [5.74, 6) is 5.58. The first kappa shape index (κ1) is 17.3. The molecule has 20 heavy (non-hydrogen) atoms. The Morgan fingerprint density at radius 2 is 1.85 bits per heavy atom. The molecule has 0 fully saturated rings. The number of aryl methyl sites for hydroxylation is 1. The van der Waals surface area contributed by atoms with Gasteiger partial charge in [-0.2, -0.15) is 4.72 Å². The van der Waals surface area contributed by atoms with Crippen LogP contribution in [0.3, 0.4) is 0 Å². The predicted octanol–water partition coefficient (Wildman–Crippen LogP) is 2.15. The quantitative estimate of drug-likeness (QED) is 0.858. The van der Waals surface area contributed by atoms with Gasteiger partial charge >= 0.3 is 0 Å². The Labute approximate surface area is 130 Å². The normalized spacial score (nSPS) is 11.3. The third-order valence-electron chi connectivity index (χ3n) is 2.37. The Bertz CT molecular complexity index is 646. The zero-order chi connectivity index (χ0) is 15.3. The lowest BCUT2D eigenvalue weighted by molar-refractivity contribution is 0.463. The van der Waals surface area contributed by atoms with Crippen molar-refractivity contribution in [2.24, 2.45) is 0 Å². The van der Waals surface area contributed by atoms with Crippen molar-refractivity contribution in [3.63, 3.8) is 0 Å². The highest BCUT2D eigenvalue weighted by molar-refractivity contribution is 7.89. The molecule has 0 aliphatic carbocycles. The smallest absolute Gasteiger partial charge is 0.242 e. The molecule has 0 radical (unpaired) electrons. The first-order chi connectivity index (χ1) is 9.24. The molecule has 1 aromatic rings. The molecule has 1 rings (SSSR count). The summed E-state index contributed by atoms with van der Waals surface area (Å²) in [6.45, 7) is 2.32.